The van der Waals surface area contributed by atoms with E-state index in [1.165, 1.54) is 0 Å². The smallest absolute Gasteiger partial charge is 0.347 e. The van der Waals surface area contributed by atoms with Crippen LogP contribution in [-0.2, 0) is 16.1 Å². The van der Waals surface area contributed by atoms with Crippen molar-refractivity contribution in [1.29, 1.82) is 5.26 Å². The van der Waals surface area contributed by atoms with Crippen molar-refractivity contribution in [3.63, 3.8) is 0 Å². The minimum atomic E-state index is -0.836. The van der Waals surface area contributed by atoms with E-state index in [0.717, 1.165) is 5.56 Å². The van der Waals surface area contributed by atoms with E-state index in [4.69, 9.17) is 30.9 Å². The molecule has 136 valence electrons. The number of nitriles is 1. The molecule has 7 nitrogen and oxygen atoms in total. The second kappa shape index (κ2) is 8.34. The maximum Gasteiger partial charge on any atom is 0.347 e. The van der Waals surface area contributed by atoms with Crippen LogP contribution in [0, 0.1) is 11.3 Å². The molecule has 0 bridgehead atoms. The largest absolute Gasteiger partial charge is 0.479 e. The lowest BCUT2D eigenvalue weighted by Gasteiger charge is -2.13. The van der Waals surface area contributed by atoms with E-state index in [0.29, 0.717) is 22.2 Å². The number of hydrogen-bond donors (Lipinski definition) is 0. The average molecular weight is 384 g/mol. The van der Waals surface area contributed by atoms with Gasteiger partial charge in [-0.25, -0.2) is 4.79 Å². The summed E-state index contributed by atoms with van der Waals surface area (Å²) in [6.07, 6.45) is -0.836. The number of halogens is 1. The van der Waals surface area contributed by atoms with E-state index in [1.807, 2.05) is 6.07 Å². The lowest BCUT2D eigenvalue weighted by atomic mass is 10.2. The molecule has 0 radical (unpaired) electrons. The monoisotopic (exact) mass is 383 g/mol. The second-order valence-corrected chi connectivity index (χ2v) is 5.96. The van der Waals surface area contributed by atoms with Gasteiger partial charge in [-0.3, -0.25) is 0 Å². The van der Waals surface area contributed by atoms with Crippen molar-refractivity contribution >= 4 is 17.6 Å². The van der Waals surface area contributed by atoms with Gasteiger partial charge in [0.05, 0.1) is 11.6 Å². The number of rotatable bonds is 6. The molecule has 1 atom stereocenters. The van der Waals surface area contributed by atoms with Crippen LogP contribution in [0.1, 0.15) is 18.4 Å². The summed E-state index contributed by atoms with van der Waals surface area (Å²) < 4.78 is 15.7. The fraction of sp³-hybridized carbons (Fsp3) is 0.158. The Morgan fingerprint density at radius 1 is 1.22 bits per heavy atom. The number of nitrogens with zero attached hydrogens (tertiary/aromatic N) is 3. The van der Waals surface area contributed by atoms with E-state index >= 15 is 0 Å². The van der Waals surface area contributed by atoms with Crippen LogP contribution in [-0.4, -0.2) is 22.2 Å². The summed E-state index contributed by atoms with van der Waals surface area (Å²) in [5.74, 6) is 0.422. The Balaban J connectivity index is 1.54. The first kappa shape index (κ1) is 18.4. The normalized spacial score (nSPS) is 11.4. The number of benzene rings is 2. The highest BCUT2D eigenvalue weighted by atomic mass is 35.5. The van der Waals surface area contributed by atoms with Crippen molar-refractivity contribution < 1.29 is 18.8 Å². The molecular formula is C19H14ClN3O4. The van der Waals surface area contributed by atoms with E-state index in [9.17, 15) is 4.79 Å². The zero-order chi connectivity index (χ0) is 19.2. The van der Waals surface area contributed by atoms with Crippen molar-refractivity contribution in [2.45, 2.75) is 19.6 Å². The predicted octanol–water partition coefficient (Wildman–Crippen LogP) is 3.77. The van der Waals surface area contributed by atoms with Crippen LogP contribution in [0.5, 0.6) is 5.75 Å². The molecule has 0 aliphatic heterocycles. The zero-order valence-electron chi connectivity index (χ0n) is 14.3. The van der Waals surface area contributed by atoms with Gasteiger partial charge in [-0.1, -0.05) is 16.8 Å². The number of carbonyl (C=O) groups excluding carboxylic acids is 1. The van der Waals surface area contributed by atoms with Crippen LogP contribution in [0.25, 0.3) is 11.4 Å². The van der Waals surface area contributed by atoms with Gasteiger partial charge in [0.15, 0.2) is 12.7 Å². The molecule has 1 aromatic heterocycles. The Morgan fingerprint density at radius 3 is 2.59 bits per heavy atom. The molecule has 0 N–H and O–H groups in total. The Labute approximate surface area is 160 Å². The summed E-state index contributed by atoms with van der Waals surface area (Å²) in [7, 11) is 0. The molecular weight excluding hydrogens is 370 g/mol. The second-order valence-electron chi connectivity index (χ2n) is 5.52. The topological polar surface area (TPSA) is 98.2 Å². The van der Waals surface area contributed by atoms with Gasteiger partial charge < -0.3 is 14.0 Å². The summed E-state index contributed by atoms with van der Waals surface area (Å²) >= 11 is 5.84. The Hall–Kier alpha value is -3.37. The molecule has 3 rings (SSSR count). The summed E-state index contributed by atoms with van der Waals surface area (Å²) in [6.45, 7) is 1.40. The highest BCUT2D eigenvalue weighted by Gasteiger charge is 2.18. The summed E-state index contributed by atoms with van der Waals surface area (Å²) in [4.78, 5) is 16.2. The highest BCUT2D eigenvalue weighted by Crippen LogP contribution is 2.19. The third-order valence-electron chi connectivity index (χ3n) is 3.54. The Morgan fingerprint density at radius 2 is 1.93 bits per heavy atom. The third kappa shape index (κ3) is 4.84. The summed E-state index contributed by atoms with van der Waals surface area (Å²) in [5.41, 5.74) is 1.24. The molecule has 0 aliphatic carbocycles. The summed E-state index contributed by atoms with van der Waals surface area (Å²) in [6, 6.07) is 15.4. The standard InChI is InChI=1S/C19H14ClN3O4/c1-12(26-16-8-2-13(10-21)3-9-16)19(24)25-11-17-22-18(23-27-17)14-4-6-15(20)7-5-14/h2-9,12H,11H2,1H3/t12-/m0/s1. The fourth-order valence-corrected chi connectivity index (χ4v) is 2.27. The molecule has 27 heavy (non-hydrogen) atoms. The van der Waals surface area contributed by atoms with Gasteiger partial charge in [-0.2, -0.15) is 10.2 Å². The zero-order valence-corrected chi connectivity index (χ0v) is 15.0. The molecule has 0 unspecified atom stereocenters. The van der Waals surface area contributed by atoms with Crippen LogP contribution in [0.4, 0.5) is 0 Å². The number of carbonyl (C=O) groups is 1. The quantitative estimate of drug-likeness (QED) is 0.597. The van der Waals surface area contributed by atoms with Gasteiger partial charge in [0, 0.05) is 10.6 Å². The number of esters is 1. The lowest BCUT2D eigenvalue weighted by molar-refractivity contribution is -0.153. The van der Waals surface area contributed by atoms with E-state index in [1.54, 1.807) is 55.5 Å². The Bertz CT molecular complexity index is 962. The maximum atomic E-state index is 12.1. The third-order valence-corrected chi connectivity index (χ3v) is 3.79. The average Bonchev–Trinajstić information content (AvgIpc) is 3.16. The van der Waals surface area contributed by atoms with Crippen molar-refractivity contribution in [2.24, 2.45) is 0 Å². The molecule has 3 aromatic rings. The molecule has 2 aromatic carbocycles. The van der Waals surface area contributed by atoms with E-state index < -0.39 is 12.1 Å². The molecule has 0 spiro atoms. The predicted molar refractivity (Wildman–Crippen MR) is 95.8 cm³/mol. The maximum absolute atomic E-state index is 12.1. The van der Waals surface area contributed by atoms with Crippen LogP contribution in [0.15, 0.2) is 53.1 Å². The van der Waals surface area contributed by atoms with Gasteiger partial charge in [0.1, 0.15) is 5.75 Å². The highest BCUT2D eigenvalue weighted by molar-refractivity contribution is 6.30. The molecule has 0 saturated carbocycles. The van der Waals surface area contributed by atoms with Crippen molar-refractivity contribution in [1.82, 2.24) is 10.1 Å². The van der Waals surface area contributed by atoms with Crippen LogP contribution >= 0.6 is 11.6 Å². The first-order chi connectivity index (χ1) is 13.0. The molecule has 0 fully saturated rings. The molecule has 1 heterocycles. The molecule has 0 aliphatic rings. The minimum absolute atomic E-state index is 0.166. The summed E-state index contributed by atoms with van der Waals surface area (Å²) in [5, 5.41) is 13.2. The molecule has 0 saturated heterocycles. The van der Waals surface area contributed by atoms with E-state index in [2.05, 4.69) is 10.1 Å². The first-order valence-electron chi connectivity index (χ1n) is 7.97. The van der Waals surface area contributed by atoms with Crippen LogP contribution in [0.2, 0.25) is 5.02 Å². The van der Waals surface area contributed by atoms with Gasteiger partial charge in [-0.15, -0.1) is 0 Å². The fourth-order valence-electron chi connectivity index (χ4n) is 2.14. The van der Waals surface area contributed by atoms with Crippen molar-refractivity contribution in [3.8, 4) is 23.2 Å². The van der Waals surface area contributed by atoms with Crippen molar-refractivity contribution in [3.05, 3.63) is 65.0 Å². The number of aromatic nitrogens is 2. The van der Waals surface area contributed by atoms with Crippen LogP contribution in [0.3, 0.4) is 0 Å². The SMILES string of the molecule is C[C@H](Oc1ccc(C#N)cc1)C(=O)OCc1nc(-c2ccc(Cl)cc2)no1. The number of hydrogen-bond acceptors (Lipinski definition) is 7. The number of ether oxygens (including phenoxy) is 2. The Kier molecular flexibility index (Phi) is 5.69. The molecule has 0 amide bonds. The van der Waals surface area contributed by atoms with Gasteiger partial charge >= 0.3 is 5.97 Å². The molecule has 8 heteroatoms. The van der Waals surface area contributed by atoms with Crippen LogP contribution < -0.4 is 4.74 Å². The van der Waals surface area contributed by atoms with Crippen molar-refractivity contribution in [2.75, 3.05) is 0 Å². The lowest BCUT2D eigenvalue weighted by Crippen LogP contribution is -2.26. The minimum Gasteiger partial charge on any atom is -0.479 e. The first-order valence-corrected chi connectivity index (χ1v) is 8.35. The van der Waals surface area contributed by atoms with E-state index in [-0.39, 0.29) is 12.5 Å². The van der Waals surface area contributed by atoms with Gasteiger partial charge in [0.2, 0.25) is 5.82 Å². The van der Waals surface area contributed by atoms with Gasteiger partial charge in [0.25, 0.3) is 5.89 Å². The van der Waals surface area contributed by atoms with Gasteiger partial charge in [-0.05, 0) is 55.5 Å².